The maximum atomic E-state index is 9.86. The van der Waals surface area contributed by atoms with Gasteiger partial charge in [0.1, 0.15) is 11.8 Å². The number of ether oxygens (including phenoxy) is 1. The van der Waals surface area contributed by atoms with Gasteiger partial charge in [0.2, 0.25) is 0 Å². The van der Waals surface area contributed by atoms with Crippen molar-refractivity contribution in [3.05, 3.63) is 48.0 Å². The number of fused-ring (bicyclic) bond motifs is 1. The van der Waals surface area contributed by atoms with Crippen LogP contribution >= 0.6 is 11.9 Å². The highest BCUT2D eigenvalue weighted by Crippen LogP contribution is 2.35. The van der Waals surface area contributed by atoms with E-state index in [4.69, 9.17) is 4.74 Å². The number of hydrogen-bond donors (Lipinski definition) is 1. The first-order valence-corrected chi connectivity index (χ1v) is 10.4. The van der Waals surface area contributed by atoms with E-state index in [0.717, 1.165) is 57.9 Å². The smallest absolute Gasteiger partial charge is 0.119 e. The zero-order valence-corrected chi connectivity index (χ0v) is 16.9. The van der Waals surface area contributed by atoms with Gasteiger partial charge < -0.3 is 14.0 Å². The highest BCUT2D eigenvalue weighted by Gasteiger charge is 2.18. The molecule has 3 rings (SSSR count). The Bertz CT molecular complexity index is 954. The molecule has 0 amide bonds. The number of benzene rings is 2. The molecule has 5 heteroatoms. The summed E-state index contributed by atoms with van der Waals surface area (Å²) in [6.45, 7) is 7.70. The maximum Gasteiger partial charge on any atom is 0.119 e. The predicted octanol–water partition coefficient (Wildman–Crippen LogP) is 6.07. The first kappa shape index (κ1) is 19.2. The predicted molar refractivity (Wildman–Crippen MR) is 115 cm³/mol. The lowest BCUT2D eigenvalue weighted by molar-refractivity contribution is 0.340. The van der Waals surface area contributed by atoms with E-state index in [0.29, 0.717) is 6.61 Å². The summed E-state index contributed by atoms with van der Waals surface area (Å²) >= 11 is 1.71. The quantitative estimate of drug-likeness (QED) is 0.381. The summed E-state index contributed by atoms with van der Waals surface area (Å²) in [5.74, 6) is 1.91. The molecule has 2 aromatic carbocycles. The van der Waals surface area contributed by atoms with Gasteiger partial charge in [-0.1, -0.05) is 18.9 Å². The molecule has 140 valence electrons. The van der Waals surface area contributed by atoms with E-state index in [1.165, 1.54) is 0 Å². The molecule has 0 unspecified atom stereocenters. The number of aromatic nitrogens is 1. The number of rotatable bonds is 8. The Labute approximate surface area is 165 Å². The van der Waals surface area contributed by atoms with Crippen molar-refractivity contribution < 1.29 is 4.74 Å². The van der Waals surface area contributed by atoms with Crippen LogP contribution < -0.4 is 9.46 Å². The minimum absolute atomic E-state index is 0.643. The molecule has 4 nitrogen and oxygen atoms in total. The molecule has 0 bridgehead atoms. The van der Waals surface area contributed by atoms with Crippen LogP contribution in [-0.4, -0.2) is 16.9 Å². The molecular formula is C22H25N3OS. The molecule has 27 heavy (non-hydrogen) atoms. The Morgan fingerprint density at radius 3 is 2.52 bits per heavy atom. The molecule has 0 aliphatic rings. The molecule has 0 atom stereocenters. The van der Waals surface area contributed by atoms with E-state index in [1.807, 2.05) is 43.3 Å². The summed E-state index contributed by atoms with van der Waals surface area (Å²) in [4.78, 5) is 0. The highest BCUT2D eigenvalue weighted by molar-refractivity contribution is 8.00. The Morgan fingerprint density at radius 2 is 1.89 bits per heavy atom. The largest absolute Gasteiger partial charge is 0.494 e. The number of nitriles is 1. The van der Waals surface area contributed by atoms with Crippen molar-refractivity contribution >= 4 is 28.5 Å². The van der Waals surface area contributed by atoms with Crippen LogP contribution in [-0.2, 0) is 6.54 Å². The third-order valence-electron chi connectivity index (χ3n) is 4.43. The van der Waals surface area contributed by atoms with Crippen LogP contribution in [0.2, 0.25) is 0 Å². The lowest BCUT2D eigenvalue weighted by Crippen LogP contribution is -1.98. The van der Waals surface area contributed by atoms with Crippen LogP contribution in [0.25, 0.3) is 22.2 Å². The monoisotopic (exact) mass is 379 g/mol. The van der Waals surface area contributed by atoms with Gasteiger partial charge in [0.25, 0.3) is 0 Å². The number of hydrogen-bond acceptors (Lipinski definition) is 4. The van der Waals surface area contributed by atoms with Gasteiger partial charge in [-0.25, -0.2) is 0 Å². The second kappa shape index (κ2) is 8.88. The van der Waals surface area contributed by atoms with Crippen molar-refractivity contribution in [2.24, 2.45) is 0 Å². The minimum atomic E-state index is 0.643. The first-order chi connectivity index (χ1) is 13.2. The Hall–Kier alpha value is -2.58. The molecule has 3 aromatic rings. The van der Waals surface area contributed by atoms with Crippen molar-refractivity contribution in [3.8, 4) is 23.1 Å². The average molecular weight is 380 g/mol. The molecule has 1 heterocycles. The molecule has 0 radical (unpaired) electrons. The minimum Gasteiger partial charge on any atom is -0.494 e. The van der Waals surface area contributed by atoms with Crippen LogP contribution in [0.5, 0.6) is 5.75 Å². The molecule has 1 aromatic heterocycles. The van der Waals surface area contributed by atoms with E-state index in [-0.39, 0.29) is 0 Å². The van der Waals surface area contributed by atoms with Crippen LogP contribution in [0.3, 0.4) is 0 Å². The first-order valence-electron chi connectivity index (χ1n) is 9.40. The summed E-state index contributed by atoms with van der Waals surface area (Å²) in [6.07, 6.45) is 1.13. The Morgan fingerprint density at radius 1 is 1.11 bits per heavy atom. The van der Waals surface area contributed by atoms with Gasteiger partial charge in [0, 0.05) is 23.4 Å². The fraction of sp³-hybridized carbons (Fsp3) is 0.318. The van der Waals surface area contributed by atoms with E-state index in [1.54, 1.807) is 11.9 Å². The Balaban J connectivity index is 2.09. The number of nitrogens with zero attached hydrogens (tertiary/aromatic N) is 2. The fourth-order valence-electron chi connectivity index (χ4n) is 3.27. The summed E-state index contributed by atoms with van der Waals surface area (Å²) in [5.41, 5.74) is 4.87. The molecule has 0 aliphatic carbocycles. The number of aryl methyl sites for hydroxylation is 1. The van der Waals surface area contributed by atoms with Crippen molar-refractivity contribution in [2.45, 2.75) is 33.7 Å². The van der Waals surface area contributed by atoms with E-state index in [9.17, 15) is 5.26 Å². The molecule has 0 saturated heterocycles. The van der Waals surface area contributed by atoms with Crippen LogP contribution in [0.15, 0.2) is 42.5 Å². The van der Waals surface area contributed by atoms with Crippen molar-refractivity contribution in [3.63, 3.8) is 0 Å². The number of nitrogens with one attached hydrogen (secondary N) is 1. The van der Waals surface area contributed by atoms with Crippen LogP contribution in [0.4, 0.5) is 5.69 Å². The van der Waals surface area contributed by atoms with Gasteiger partial charge in [0.15, 0.2) is 0 Å². The van der Waals surface area contributed by atoms with Gasteiger partial charge in [-0.15, -0.1) is 0 Å². The van der Waals surface area contributed by atoms with Crippen molar-refractivity contribution in [1.82, 2.24) is 4.57 Å². The summed E-state index contributed by atoms with van der Waals surface area (Å²) in [5, 5.41) is 10.9. The van der Waals surface area contributed by atoms with Crippen LogP contribution in [0.1, 0.15) is 32.8 Å². The van der Waals surface area contributed by atoms with Crippen molar-refractivity contribution in [2.75, 3.05) is 17.1 Å². The number of anilines is 1. The summed E-state index contributed by atoms with van der Waals surface area (Å²) < 4.78 is 11.2. The lowest BCUT2D eigenvalue weighted by Gasteiger charge is -2.10. The zero-order chi connectivity index (χ0) is 19.2. The normalized spacial score (nSPS) is 10.7. The van der Waals surface area contributed by atoms with E-state index >= 15 is 0 Å². The van der Waals surface area contributed by atoms with Gasteiger partial charge in [0.05, 0.1) is 23.4 Å². The topological polar surface area (TPSA) is 50.0 Å². The molecule has 1 N–H and O–H groups in total. The van der Waals surface area contributed by atoms with Gasteiger partial charge >= 0.3 is 0 Å². The standard InChI is InChI=1S/C22H25N3OS/c1-4-13-27-24-17-9-12-19-20(15-23)22(25(5-2)21(19)14-17)16-7-10-18(11-8-16)26-6-3/h7-12,14,24H,4-6,13H2,1-3H3. The highest BCUT2D eigenvalue weighted by atomic mass is 32.2. The summed E-state index contributed by atoms with van der Waals surface area (Å²) in [7, 11) is 0. The summed E-state index contributed by atoms with van der Waals surface area (Å²) in [6, 6.07) is 16.7. The van der Waals surface area contributed by atoms with Crippen molar-refractivity contribution in [1.29, 1.82) is 5.26 Å². The zero-order valence-electron chi connectivity index (χ0n) is 16.1. The molecule has 0 saturated carbocycles. The van der Waals surface area contributed by atoms with Crippen LogP contribution in [0, 0.1) is 11.3 Å². The van der Waals surface area contributed by atoms with E-state index < -0.39 is 0 Å². The third kappa shape index (κ3) is 3.91. The van der Waals surface area contributed by atoms with Gasteiger partial charge in [-0.2, -0.15) is 5.26 Å². The Kier molecular flexibility index (Phi) is 6.31. The third-order valence-corrected chi connectivity index (χ3v) is 5.42. The second-order valence-electron chi connectivity index (χ2n) is 6.22. The SMILES string of the molecule is CCCSNc1ccc2c(C#N)c(-c3ccc(OCC)cc3)n(CC)c2c1. The molecule has 0 aliphatic heterocycles. The fourth-order valence-corrected chi connectivity index (χ4v) is 3.87. The molecular weight excluding hydrogens is 354 g/mol. The lowest BCUT2D eigenvalue weighted by atomic mass is 10.1. The average Bonchev–Trinajstić information content (AvgIpc) is 3.01. The van der Waals surface area contributed by atoms with E-state index in [2.05, 4.69) is 35.3 Å². The van der Waals surface area contributed by atoms with Gasteiger partial charge in [-0.05, 0) is 68.3 Å². The maximum absolute atomic E-state index is 9.86. The molecule has 0 fully saturated rings. The molecule has 0 spiro atoms. The van der Waals surface area contributed by atoms with Gasteiger partial charge in [-0.3, -0.25) is 0 Å². The second-order valence-corrected chi connectivity index (χ2v) is 7.12.